The zero-order valence-electron chi connectivity index (χ0n) is 12.7. The van der Waals surface area contributed by atoms with Gasteiger partial charge in [0.1, 0.15) is 6.33 Å². The fourth-order valence-corrected chi connectivity index (χ4v) is 2.56. The fourth-order valence-electron chi connectivity index (χ4n) is 2.56. The van der Waals surface area contributed by atoms with E-state index in [1.54, 1.807) is 0 Å². The number of rotatable bonds is 4. The van der Waals surface area contributed by atoms with Crippen molar-refractivity contribution >= 4 is 11.9 Å². The number of hydrogen-bond donors (Lipinski definition) is 1. The standard InChI is InChI=1S/C13H14F3N3O5/c1-23-9-8(10(24-2)18-5-17-9)11(20)19-3-6(12(21)22)7(4-19)13(14,15)16/h5-7H,3-4H2,1-2H3,(H,21,22)/t6-,7-/m1/s1. The summed E-state index contributed by atoms with van der Waals surface area (Å²) in [7, 11) is 2.45. The summed E-state index contributed by atoms with van der Waals surface area (Å²) < 4.78 is 48.9. The first kappa shape index (κ1) is 17.8. The smallest absolute Gasteiger partial charge is 0.394 e. The minimum Gasteiger partial charge on any atom is -0.481 e. The number of aliphatic carboxylic acids is 1. The third-order valence-corrected chi connectivity index (χ3v) is 3.72. The number of amides is 1. The second-order valence-corrected chi connectivity index (χ2v) is 5.07. The van der Waals surface area contributed by atoms with E-state index < -0.39 is 43.0 Å². The van der Waals surface area contributed by atoms with Crippen LogP contribution < -0.4 is 9.47 Å². The number of nitrogens with zero attached hydrogens (tertiary/aromatic N) is 3. The Hall–Kier alpha value is -2.59. The lowest BCUT2D eigenvalue weighted by Crippen LogP contribution is -2.34. The number of likely N-dealkylation sites (tertiary alicyclic amines) is 1. The topological polar surface area (TPSA) is 102 Å². The number of carboxylic acid groups (broad SMARTS) is 1. The van der Waals surface area contributed by atoms with Crippen LogP contribution >= 0.6 is 0 Å². The minimum atomic E-state index is -4.74. The van der Waals surface area contributed by atoms with Crippen LogP contribution in [0.2, 0.25) is 0 Å². The molecular weight excluding hydrogens is 335 g/mol. The normalized spacial score (nSPS) is 20.8. The molecule has 1 aliphatic rings. The summed E-state index contributed by atoms with van der Waals surface area (Å²) in [5, 5.41) is 9.01. The van der Waals surface area contributed by atoms with Crippen molar-refractivity contribution in [3.63, 3.8) is 0 Å². The zero-order chi connectivity index (χ0) is 18.1. The first-order chi connectivity index (χ1) is 11.2. The molecule has 132 valence electrons. The van der Waals surface area contributed by atoms with E-state index in [2.05, 4.69) is 9.97 Å². The van der Waals surface area contributed by atoms with Gasteiger partial charge in [0, 0.05) is 13.1 Å². The van der Waals surface area contributed by atoms with Crippen LogP contribution in [0.4, 0.5) is 13.2 Å². The van der Waals surface area contributed by atoms with Crippen LogP contribution in [0.1, 0.15) is 10.4 Å². The molecule has 0 saturated carbocycles. The molecule has 1 aromatic rings. The van der Waals surface area contributed by atoms with Crippen molar-refractivity contribution in [2.75, 3.05) is 27.3 Å². The van der Waals surface area contributed by atoms with Gasteiger partial charge in [0.15, 0.2) is 5.56 Å². The molecule has 0 aromatic carbocycles. The lowest BCUT2D eigenvalue weighted by atomic mass is 9.96. The Balaban J connectivity index is 2.37. The largest absolute Gasteiger partial charge is 0.481 e. The second kappa shape index (κ2) is 6.49. The lowest BCUT2D eigenvalue weighted by Gasteiger charge is -2.19. The summed E-state index contributed by atoms with van der Waals surface area (Å²) >= 11 is 0. The van der Waals surface area contributed by atoms with Gasteiger partial charge < -0.3 is 19.5 Å². The van der Waals surface area contributed by atoms with Crippen LogP contribution in [0.15, 0.2) is 6.33 Å². The number of carboxylic acids is 1. The number of alkyl halides is 3. The molecule has 2 atom stereocenters. The van der Waals surface area contributed by atoms with Crippen molar-refractivity contribution < 1.29 is 37.3 Å². The zero-order valence-corrected chi connectivity index (χ0v) is 12.7. The van der Waals surface area contributed by atoms with Crippen molar-refractivity contribution in [1.29, 1.82) is 0 Å². The predicted molar refractivity (Wildman–Crippen MR) is 71.7 cm³/mol. The molecule has 8 nitrogen and oxygen atoms in total. The van der Waals surface area contributed by atoms with Crippen LogP contribution in [0.3, 0.4) is 0 Å². The molecule has 24 heavy (non-hydrogen) atoms. The third kappa shape index (κ3) is 3.19. The van der Waals surface area contributed by atoms with Gasteiger partial charge in [-0.15, -0.1) is 0 Å². The Labute approximate surface area is 134 Å². The summed E-state index contributed by atoms with van der Waals surface area (Å²) in [6, 6.07) is 0. The maximum atomic E-state index is 13.0. The van der Waals surface area contributed by atoms with Crippen LogP contribution in [0.5, 0.6) is 11.8 Å². The monoisotopic (exact) mass is 349 g/mol. The highest BCUT2D eigenvalue weighted by Gasteiger charge is 2.54. The molecular formula is C13H14F3N3O5. The predicted octanol–water partition coefficient (Wildman–Crippen LogP) is 0.829. The van der Waals surface area contributed by atoms with E-state index in [1.165, 1.54) is 14.2 Å². The molecule has 1 N–H and O–H groups in total. The van der Waals surface area contributed by atoms with Crippen LogP contribution in [-0.2, 0) is 4.79 Å². The Morgan fingerprint density at radius 3 is 2.12 bits per heavy atom. The number of halogens is 3. The Morgan fingerprint density at radius 2 is 1.75 bits per heavy atom. The molecule has 0 unspecified atom stereocenters. The molecule has 0 bridgehead atoms. The van der Waals surface area contributed by atoms with Gasteiger partial charge >= 0.3 is 12.1 Å². The van der Waals surface area contributed by atoms with Gasteiger partial charge in [0.05, 0.1) is 26.1 Å². The first-order valence-electron chi connectivity index (χ1n) is 6.72. The quantitative estimate of drug-likeness (QED) is 0.859. The van der Waals surface area contributed by atoms with E-state index >= 15 is 0 Å². The number of carbonyl (C=O) groups is 2. The maximum absolute atomic E-state index is 13.0. The molecule has 0 spiro atoms. The average Bonchev–Trinajstić information content (AvgIpc) is 2.99. The van der Waals surface area contributed by atoms with E-state index in [0.717, 1.165) is 11.2 Å². The van der Waals surface area contributed by atoms with Gasteiger partial charge in [-0.05, 0) is 0 Å². The van der Waals surface area contributed by atoms with E-state index in [9.17, 15) is 22.8 Å². The van der Waals surface area contributed by atoms with Gasteiger partial charge in [0.2, 0.25) is 11.8 Å². The summed E-state index contributed by atoms with van der Waals surface area (Å²) in [6.45, 7) is -1.36. The van der Waals surface area contributed by atoms with Crippen LogP contribution in [0, 0.1) is 11.8 Å². The summed E-state index contributed by atoms with van der Waals surface area (Å²) in [5.74, 6) is -6.74. The van der Waals surface area contributed by atoms with Gasteiger partial charge in [-0.2, -0.15) is 13.2 Å². The molecule has 0 radical (unpaired) electrons. The van der Waals surface area contributed by atoms with Crippen molar-refractivity contribution in [3.8, 4) is 11.8 Å². The highest BCUT2D eigenvalue weighted by Crippen LogP contribution is 2.39. The van der Waals surface area contributed by atoms with Crippen molar-refractivity contribution in [2.45, 2.75) is 6.18 Å². The maximum Gasteiger partial charge on any atom is 0.394 e. The highest BCUT2D eigenvalue weighted by atomic mass is 19.4. The number of hydrogen-bond acceptors (Lipinski definition) is 6. The number of ether oxygens (including phenoxy) is 2. The van der Waals surface area contributed by atoms with Crippen molar-refractivity contribution in [2.24, 2.45) is 11.8 Å². The van der Waals surface area contributed by atoms with Crippen LogP contribution in [0.25, 0.3) is 0 Å². The number of methoxy groups -OCH3 is 2. The Morgan fingerprint density at radius 1 is 1.21 bits per heavy atom. The van der Waals surface area contributed by atoms with Gasteiger partial charge in [-0.1, -0.05) is 0 Å². The summed E-state index contributed by atoms with van der Waals surface area (Å²) in [5.41, 5.74) is -0.255. The number of aromatic nitrogens is 2. The van der Waals surface area contributed by atoms with Crippen LogP contribution in [-0.4, -0.2) is 65.3 Å². The molecule has 1 amide bonds. The third-order valence-electron chi connectivity index (χ3n) is 3.72. The molecule has 1 aliphatic heterocycles. The summed E-state index contributed by atoms with van der Waals surface area (Å²) in [6.07, 6.45) is -3.67. The molecule has 2 rings (SSSR count). The molecule has 0 aliphatic carbocycles. The van der Waals surface area contributed by atoms with E-state index in [-0.39, 0.29) is 17.3 Å². The molecule has 1 saturated heterocycles. The second-order valence-electron chi connectivity index (χ2n) is 5.07. The molecule has 1 fully saturated rings. The lowest BCUT2D eigenvalue weighted by molar-refractivity contribution is -0.187. The van der Waals surface area contributed by atoms with Crippen molar-refractivity contribution in [3.05, 3.63) is 11.9 Å². The fraction of sp³-hybridized carbons (Fsp3) is 0.538. The van der Waals surface area contributed by atoms with E-state index in [4.69, 9.17) is 14.6 Å². The Kier molecular flexibility index (Phi) is 4.81. The molecule has 2 heterocycles. The van der Waals surface area contributed by atoms with E-state index in [0.29, 0.717) is 0 Å². The first-order valence-corrected chi connectivity index (χ1v) is 6.72. The van der Waals surface area contributed by atoms with Crippen molar-refractivity contribution in [1.82, 2.24) is 14.9 Å². The Bertz CT molecular complexity index is 630. The van der Waals surface area contributed by atoms with E-state index in [1.807, 2.05) is 0 Å². The van der Waals surface area contributed by atoms with Gasteiger partial charge in [-0.3, -0.25) is 9.59 Å². The highest BCUT2D eigenvalue weighted by molar-refractivity contribution is 5.99. The number of carbonyl (C=O) groups excluding carboxylic acids is 1. The SMILES string of the molecule is COc1ncnc(OC)c1C(=O)N1C[C@@H](C(F)(F)F)[C@H](C(=O)O)C1. The average molecular weight is 349 g/mol. The van der Waals surface area contributed by atoms with Gasteiger partial charge in [-0.25, -0.2) is 9.97 Å². The minimum absolute atomic E-state index is 0.172. The molecule has 1 aromatic heterocycles. The summed E-state index contributed by atoms with van der Waals surface area (Å²) in [4.78, 5) is 31.9. The van der Waals surface area contributed by atoms with Gasteiger partial charge in [0.25, 0.3) is 5.91 Å². The molecule has 11 heteroatoms.